The van der Waals surface area contributed by atoms with E-state index in [1.807, 2.05) is 0 Å². The van der Waals surface area contributed by atoms with Crippen molar-refractivity contribution in [3.63, 3.8) is 0 Å². The Morgan fingerprint density at radius 3 is 2.46 bits per heavy atom. The fourth-order valence-electron chi connectivity index (χ4n) is 2.40. The van der Waals surface area contributed by atoms with Gasteiger partial charge in [-0.2, -0.15) is 8.78 Å². The van der Waals surface area contributed by atoms with E-state index in [1.54, 1.807) is 13.0 Å². The molecule has 2 aromatic carbocycles. The number of benzene rings is 2. The molecule has 0 aliphatic carbocycles. The van der Waals surface area contributed by atoms with Gasteiger partial charge in [-0.3, -0.25) is 4.79 Å². The molecule has 146 valence electrons. The van der Waals surface area contributed by atoms with Crippen LogP contribution in [0, 0.1) is 12.7 Å². The fourth-order valence-corrected chi connectivity index (χ4v) is 2.40. The van der Waals surface area contributed by atoms with E-state index < -0.39 is 12.5 Å². The molecule has 3 rings (SSSR count). The van der Waals surface area contributed by atoms with E-state index in [0.29, 0.717) is 22.8 Å². The van der Waals surface area contributed by atoms with Crippen LogP contribution in [-0.4, -0.2) is 12.5 Å². The van der Waals surface area contributed by atoms with Crippen LogP contribution in [0.2, 0.25) is 0 Å². The number of halogens is 3. The molecule has 8 heteroatoms. The molecule has 0 fully saturated rings. The molecule has 0 aliphatic rings. The van der Waals surface area contributed by atoms with E-state index in [1.165, 1.54) is 48.5 Å². The van der Waals surface area contributed by atoms with Crippen LogP contribution >= 0.6 is 0 Å². The van der Waals surface area contributed by atoms with Gasteiger partial charge in [0.2, 0.25) is 0 Å². The molecule has 28 heavy (non-hydrogen) atoms. The first-order chi connectivity index (χ1) is 13.4. The summed E-state index contributed by atoms with van der Waals surface area (Å²) in [6.07, 6.45) is 0. The lowest BCUT2D eigenvalue weighted by atomic mass is 10.2. The van der Waals surface area contributed by atoms with Crippen molar-refractivity contribution < 1.29 is 31.9 Å². The van der Waals surface area contributed by atoms with Gasteiger partial charge in [0.25, 0.3) is 5.91 Å². The largest absolute Gasteiger partial charge is 0.486 e. The normalized spacial score (nSPS) is 10.8. The summed E-state index contributed by atoms with van der Waals surface area (Å²) in [7, 11) is 0. The molecule has 0 atom stereocenters. The molecule has 0 saturated heterocycles. The van der Waals surface area contributed by atoms with Crippen molar-refractivity contribution in [2.24, 2.45) is 0 Å². The monoisotopic (exact) mass is 391 g/mol. The Balaban J connectivity index is 1.60. The second-order valence-corrected chi connectivity index (χ2v) is 5.82. The molecule has 1 amide bonds. The number of alkyl halides is 2. The van der Waals surface area contributed by atoms with Gasteiger partial charge in [0.1, 0.15) is 29.7 Å². The number of anilines is 1. The van der Waals surface area contributed by atoms with Crippen molar-refractivity contribution in [1.82, 2.24) is 0 Å². The van der Waals surface area contributed by atoms with Gasteiger partial charge in [0.15, 0.2) is 5.76 Å². The summed E-state index contributed by atoms with van der Waals surface area (Å²) >= 11 is 0. The molecule has 0 saturated carbocycles. The Bertz CT molecular complexity index is 954. The number of carbonyl (C=O) groups excluding carboxylic acids is 1. The number of amides is 1. The molecule has 0 spiro atoms. The minimum Gasteiger partial charge on any atom is -0.486 e. The first-order valence-corrected chi connectivity index (χ1v) is 8.24. The van der Waals surface area contributed by atoms with E-state index in [2.05, 4.69) is 10.1 Å². The highest BCUT2D eigenvalue weighted by atomic mass is 19.3. The fraction of sp³-hybridized carbons (Fsp3) is 0.150. The number of nitrogens with one attached hydrogen (secondary N) is 1. The van der Waals surface area contributed by atoms with Crippen molar-refractivity contribution >= 4 is 11.6 Å². The quantitative estimate of drug-likeness (QED) is 0.604. The standard InChI is InChI=1S/C20H16F3NO4/c1-12-10-15(28-20(22)23)6-8-17(12)24-19(25)18-9-7-16(27-18)11-26-14-4-2-13(21)3-5-14/h2-10,20H,11H2,1H3,(H,24,25). The van der Waals surface area contributed by atoms with Gasteiger partial charge in [-0.25, -0.2) is 4.39 Å². The maximum atomic E-state index is 12.9. The molecular formula is C20H16F3NO4. The van der Waals surface area contributed by atoms with E-state index in [0.717, 1.165) is 0 Å². The molecule has 0 aliphatic heterocycles. The predicted molar refractivity (Wildman–Crippen MR) is 95.2 cm³/mol. The Kier molecular flexibility index (Phi) is 5.88. The van der Waals surface area contributed by atoms with Gasteiger partial charge in [-0.1, -0.05) is 0 Å². The number of ether oxygens (including phenoxy) is 2. The first kappa shape index (κ1) is 19.3. The van der Waals surface area contributed by atoms with Gasteiger partial charge in [-0.05, 0) is 67.1 Å². The molecule has 0 bridgehead atoms. The third kappa shape index (κ3) is 5.06. The average molecular weight is 391 g/mol. The molecule has 0 unspecified atom stereocenters. The highest BCUT2D eigenvalue weighted by Crippen LogP contribution is 2.23. The summed E-state index contributed by atoms with van der Waals surface area (Å²) in [6.45, 7) is -1.20. The van der Waals surface area contributed by atoms with Crippen molar-refractivity contribution in [2.45, 2.75) is 20.1 Å². The number of aryl methyl sites for hydroxylation is 1. The zero-order chi connectivity index (χ0) is 20.1. The van der Waals surface area contributed by atoms with E-state index in [4.69, 9.17) is 9.15 Å². The Hall–Kier alpha value is -3.42. The van der Waals surface area contributed by atoms with E-state index >= 15 is 0 Å². The first-order valence-electron chi connectivity index (χ1n) is 8.24. The number of rotatable bonds is 7. The van der Waals surface area contributed by atoms with Crippen molar-refractivity contribution in [3.05, 3.63) is 77.5 Å². The molecule has 1 heterocycles. The van der Waals surface area contributed by atoms with Crippen LogP contribution in [0.3, 0.4) is 0 Å². The zero-order valence-corrected chi connectivity index (χ0v) is 14.7. The van der Waals surface area contributed by atoms with E-state index in [-0.39, 0.29) is 23.9 Å². The zero-order valence-electron chi connectivity index (χ0n) is 14.7. The second-order valence-electron chi connectivity index (χ2n) is 5.82. The van der Waals surface area contributed by atoms with Crippen LogP contribution in [0.25, 0.3) is 0 Å². The smallest absolute Gasteiger partial charge is 0.387 e. The molecule has 0 radical (unpaired) electrons. The van der Waals surface area contributed by atoms with Crippen molar-refractivity contribution in [3.8, 4) is 11.5 Å². The highest BCUT2D eigenvalue weighted by Gasteiger charge is 2.14. The van der Waals surface area contributed by atoms with Gasteiger partial charge in [-0.15, -0.1) is 0 Å². The highest BCUT2D eigenvalue weighted by molar-refractivity contribution is 6.02. The van der Waals surface area contributed by atoms with Crippen LogP contribution in [0.1, 0.15) is 21.9 Å². The van der Waals surface area contributed by atoms with Crippen molar-refractivity contribution in [2.75, 3.05) is 5.32 Å². The number of carbonyl (C=O) groups is 1. The van der Waals surface area contributed by atoms with Crippen LogP contribution in [-0.2, 0) is 6.61 Å². The van der Waals surface area contributed by atoms with Crippen LogP contribution < -0.4 is 14.8 Å². The third-order valence-corrected chi connectivity index (χ3v) is 3.75. The second kappa shape index (κ2) is 8.51. The third-order valence-electron chi connectivity index (χ3n) is 3.75. The van der Waals surface area contributed by atoms with E-state index in [9.17, 15) is 18.0 Å². The van der Waals surface area contributed by atoms with Gasteiger partial charge < -0.3 is 19.2 Å². The molecule has 1 aromatic heterocycles. The lowest BCUT2D eigenvalue weighted by Crippen LogP contribution is -2.12. The minimum atomic E-state index is -2.92. The summed E-state index contributed by atoms with van der Waals surface area (Å²) < 4.78 is 52.6. The lowest BCUT2D eigenvalue weighted by molar-refractivity contribution is -0.0498. The van der Waals surface area contributed by atoms with Gasteiger partial charge in [0, 0.05) is 5.69 Å². The summed E-state index contributed by atoms with van der Waals surface area (Å²) in [5.74, 6) is 0.0678. The number of hydrogen-bond donors (Lipinski definition) is 1. The Morgan fingerprint density at radius 1 is 1.07 bits per heavy atom. The topological polar surface area (TPSA) is 60.7 Å². The predicted octanol–water partition coefficient (Wildman–Crippen LogP) is 5.16. The molecule has 1 N–H and O–H groups in total. The van der Waals surface area contributed by atoms with Crippen LogP contribution in [0.15, 0.2) is 59.0 Å². The minimum absolute atomic E-state index is 0.00345. The SMILES string of the molecule is Cc1cc(OC(F)F)ccc1NC(=O)c1ccc(COc2ccc(F)cc2)o1. The van der Waals surface area contributed by atoms with Crippen LogP contribution in [0.5, 0.6) is 11.5 Å². The van der Waals surface area contributed by atoms with Crippen LogP contribution in [0.4, 0.5) is 18.9 Å². The average Bonchev–Trinajstić information content (AvgIpc) is 3.12. The number of hydrogen-bond acceptors (Lipinski definition) is 4. The maximum absolute atomic E-state index is 12.9. The summed E-state index contributed by atoms with van der Waals surface area (Å²) in [6, 6.07) is 12.8. The summed E-state index contributed by atoms with van der Waals surface area (Å²) in [5.41, 5.74) is 0.991. The maximum Gasteiger partial charge on any atom is 0.387 e. The molecule has 3 aromatic rings. The molecular weight excluding hydrogens is 375 g/mol. The summed E-state index contributed by atoms with van der Waals surface area (Å²) in [4.78, 5) is 12.3. The number of furan rings is 1. The van der Waals surface area contributed by atoms with Gasteiger partial charge in [0.05, 0.1) is 0 Å². The Labute approximate surface area is 158 Å². The molecule has 5 nitrogen and oxygen atoms in total. The lowest BCUT2D eigenvalue weighted by Gasteiger charge is -2.10. The Morgan fingerprint density at radius 2 is 1.79 bits per heavy atom. The van der Waals surface area contributed by atoms with Crippen molar-refractivity contribution in [1.29, 1.82) is 0 Å². The van der Waals surface area contributed by atoms with Gasteiger partial charge >= 0.3 is 6.61 Å². The summed E-state index contributed by atoms with van der Waals surface area (Å²) in [5, 5.41) is 2.64.